The van der Waals surface area contributed by atoms with Crippen molar-refractivity contribution in [2.45, 2.75) is 0 Å². The zero-order valence-corrected chi connectivity index (χ0v) is 7.28. The topological polar surface area (TPSA) is 20.3 Å². The minimum absolute atomic E-state index is 0.00551. The average Bonchev–Trinajstić information content (AvgIpc) is 1.98. The summed E-state index contributed by atoms with van der Waals surface area (Å²) in [4.78, 5) is 12.5. The van der Waals surface area contributed by atoms with Gasteiger partial charge in [0.15, 0.2) is 0 Å². The summed E-state index contributed by atoms with van der Waals surface area (Å²) >= 11 is 1.73. The minimum Gasteiger partial charge on any atom is -0.341 e. The number of amides is 1. The van der Waals surface area contributed by atoms with E-state index in [2.05, 4.69) is 6.58 Å². The molecule has 0 heterocycles. The number of nitrogens with zero attached hydrogens (tertiary/aromatic N) is 1. The number of thioether (sulfide) groups is 1. The Labute approximate surface area is 66.3 Å². The lowest BCUT2D eigenvalue weighted by Gasteiger charge is -2.12. The summed E-state index contributed by atoms with van der Waals surface area (Å²) in [6.45, 7) is 4.19. The van der Waals surface area contributed by atoms with Gasteiger partial charge >= 0.3 is 0 Å². The first-order chi connectivity index (χ1) is 4.72. The van der Waals surface area contributed by atoms with Gasteiger partial charge in [-0.1, -0.05) is 6.58 Å². The molecule has 1 amide bonds. The number of carbonyl (C=O) groups is 1. The van der Waals surface area contributed by atoms with Gasteiger partial charge in [-0.2, -0.15) is 11.8 Å². The lowest BCUT2D eigenvalue weighted by Crippen LogP contribution is -2.26. The molecule has 0 aromatic heterocycles. The Morgan fingerprint density at radius 3 is 2.80 bits per heavy atom. The zero-order chi connectivity index (χ0) is 7.98. The summed E-state index contributed by atoms with van der Waals surface area (Å²) in [7, 11) is 1.78. The normalized spacial score (nSPS) is 9.00. The molecule has 0 aromatic rings. The molecule has 0 fully saturated rings. The Balaban J connectivity index is 3.51. The van der Waals surface area contributed by atoms with Crippen LogP contribution in [0.4, 0.5) is 0 Å². The van der Waals surface area contributed by atoms with Crippen LogP contribution >= 0.6 is 11.8 Å². The maximum Gasteiger partial charge on any atom is 0.245 e. The van der Waals surface area contributed by atoms with Gasteiger partial charge in [0.2, 0.25) is 5.91 Å². The molecule has 0 atom stereocenters. The fourth-order valence-corrected chi connectivity index (χ4v) is 0.951. The van der Waals surface area contributed by atoms with Gasteiger partial charge in [-0.05, 0) is 12.3 Å². The molecule has 58 valence electrons. The molecule has 0 radical (unpaired) electrons. The lowest BCUT2D eigenvalue weighted by atomic mass is 10.5. The molecule has 2 nitrogen and oxygen atoms in total. The maximum atomic E-state index is 10.8. The second-order valence-electron chi connectivity index (χ2n) is 1.96. The molecule has 0 saturated heterocycles. The van der Waals surface area contributed by atoms with Gasteiger partial charge in [0, 0.05) is 19.3 Å². The van der Waals surface area contributed by atoms with Crippen molar-refractivity contribution < 1.29 is 4.79 Å². The average molecular weight is 159 g/mol. The molecule has 0 aromatic carbocycles. The monoisotopic (exact) mass is 159 g/mol. The van der Waals surface area contributed by atoms with Crippen LogP contribution in [0.3, 0.4) is 0 Å². The summed E-state index contributed by atoms with van der Waals surface area (Å²) in [5, 5.41) is 0. The predicted molar refractivity (Wildman–Crippen MR) is 46.2 cm³/mol. The minimum atomic E-state index is -0.00551. The first-order valence-corrected chi connectivity index (χ1v) is 4.48. The first kappa shape index (κ1) is 9.56. The highest BCUT2D eigenvalue weighted by molar-refractivity contribution is 7.98. The van der Waals surface area contributed by atoms with E-state index in [1.807, 2.05) is 6.26 Å². The Morgan fingerprint density at radius 1 is 1.80 bits per heavy atom. The highest BCUT2D eigenvalue weighted by atomic mass is 32.2. The third-order valence-electron chi connectivity index (χ3n) is 1.18. The van der Waals surface area contributed by atoms with Crippen molar-refractivity contribution in [2.75, 3.05) is 25.6 Å². The van der Waals surface area contributed by atoms with E-state index in [4.69, 9.17) is 0 Å². The molecule has 0 N–H and O–H groups in total. The second kappa shape index (κ2) is 5.35. The molecule has 0 aliphatic rings. The van der Waals surface area contributed by atoms with E-state index in [1.165, 1.54) is 6.08 Å². The van der Waals surface area contributed by atoms with Crippen LogP contribution in [0.1, 0.15) is 0 Å². The molecular formula is C7H13NOS. The maximum absolute atomic E-state index is 10.8. The van der Waals surface area contributed by atoms with E-state index < -0.39 is 0 Å². The summed E-state index contributed by atoms with van der Waals surface area (Å²) < 4.78 is 0. The van der Waals surface area contributed by atoms with Crippen LogP contribution in [0.2, 0.25) is 0 Å². The van der Waals surface area contributed by atoms with Gasteiger partial charge < -0.3 is 4.90 Å². The van der Waals surface area contributed by atoms with Gasteiger partial charge in [0.25, 0.3) is 0 Å². The fourth-order valence-electron chi connectivity index (χ4n) is 0.494. The highest BCUT2D eigenvalue weighted by Gasteiger charge is 2.00. The molecule has 0 bridgehead atoms. The van der Waals surface area contributed by atoms with E-state index in [-0.39, 0.29) is 5.91 Å². The van der Waals surface area contributed by atoms with Gasteiger partial charge in [0.1, 0.15) is 0 Å². The SMILES string of the molecule is C=CC(=O)N(C)CCSC. The first-order valence-electron chi connectivity index (χ1n) is 3.09. The Kier molecular flexibility index (Phi) is 5.12. The van der Waals surface area contributed by atoms with Crippen LogP contribution in [0, 0.1) is 0 Å². The zero-order valence-electron chi connectivity index (χ0n) is 6.46. The largest absolute Gasteiger partial charge is 0.341 e. The molecule has 0 spiro atoms. The Bertz CT molecular complexity index is 125. The molecule has 0 aliphatic carbocycles. The van der Waals surface area contributed by atoms with E-state index in [0.29, 0.717) is 0 Å². The van der Waals surface area contributed by atoms with Crippen LogP contribution in [-0.4, -0.2) is 36.4 Å². The van der Waals surface area contributed by atoms with E-state index in [0.717, 1.165) is 12.3 Å². The molecular weight excluding hydrogens is 146 g/mol. The molecule has 3 heteroatoms. The van der Waals surface area contributed by atoms with Crippen LogP contribution < -0.4 is 0 Å². The number of likely N-dealkylation sites (N-methyl/N-ethyl adjacent to an activating group) is 1. The Morgan fingerprint density at radius 2 is 2.40 bits per heavy atom. The third kappa shape index (κ3) is 3.56. The van der Waals surface area contributed by atoms with Crippen molar-refractivity contribution in [2.24, 2.45) is 0 Å². The number of carbonyl (C=O) groups excluding carboxylic acids is 1. The van der Waals surface area contributed by atoms with Crippen molar-refractivity contribution in [3.8, 4) is 0 Å². The highest BCUT2D eigenvalue weighted by Crippen LogP contribution is 1.93. The van der Waals surface area contributed by atoms with E-state index in [9.17, 15) is 4.79 Å². The molecule has 0 aliphatic heterocycles. The fraction of sp³-hybridized carbons (Fsp3) is 0.571. The van der Waals surface area contributed by atoms with Crippen molar-refractivity contribution in [3.63, 3.8) is 0 Å². The van der Waals surface area contributed by atoms with E-state index >= 15 is 0 Å². The van der Waals surface area contributed by atoms with Crippen molar-refractivity contribution in [1.82, 2.24) is 4.90 Å². The Hall–Kier alpha value is -0.440. The molecule has 0 rings (SSSR count). The van der Waals surface area contributed by atoms with Crippen LogP contribution in [0.15, 0.2) is 12.7 Å². The standard InChI is InChI=1S/C7H13NOS/c1-4-7(9)8(2)5-6-10-3/h4H,1,5-6H2,2-3H3. The quantitative estimate of drug-likeness (QED) is 0.570. The number of hydrogen-bond donors (Lipinski definition) is 0. The molecule has 10 heavy (non-hydrogen) atoms. The van der Waals surface area contributed by atoms with Gasteiger partial charge in [-0.25, -0.2) is 0 Å². The van der Waals surface area contributed by atoms with Crippen LogP contribution in [0.5, 0.6) is 0 Å². The van der Waals surface area contributed by atoms with Gasteiger partial charge in [0.05, 0.1) is 0 Å². The predicted octanol–water partition coefficient (Wildman–Crippen LogP) is 0.994. The summed E-state index contributed by atoms with van der Waals surface area (Å²) in [6.07, 6.45) is 3.35. The summed E-state index contributed by atoms with van der Waals surface area (Å²) in [6, 6.07) is 0. The second-order valence-corrected chi connectivity index (χ2v) is 2.94. The van der Waals surface area contributed by atoms with Crippen molar-refractivity contribution in [1.29, 1.82) is 0 Å². The van der Waals surface area contributed by atoms with Crippen LogP contribution in [-0.2, 0) is 4.79 Å². The smallest absolute Gasteiger partial charge is 0.245 e. The summed E-state index contributed by atoms with van der Waals surface area (Å²) in [5.41, 5.74) is 0. The van der Waals surface area contributed by atoms with Crippen LogP contribution in [0.25, 0.3) is 0 Å². The lowest BCUT2D eigenvalue weighted by molar-refractivity contribution is -0.124. The van der Waals surface area contributed by atoms with Crippen molar-refractivity contribution >= 4 is 17.7 Å². The van der Waals surface area contributed by atoms with Crippen molar-refractivity contribution in [3.05, 3.63) is 12.7 Å². The van der Waals surface area contributed by atoms with Gasteiger partial charge in [-0.15, -0.1) is 0 Å². The third-order valence-corrected chi connectivity index (χ3v) is 1.77. The van der Waals surface area contributed by atoms with E-state index in [1.54, 1.807) is 23.7 Å². The summed E-state index contributed by atoms with van der Waals surface area (Å²) in [5.74, 6) is 0.977. The number of rotatable bonds is 4. The number of hydrogen-bond acceptors (Lipinski definition) is 2. The molecule has 0 unspecified atom stereocenters. The molecule has 0 saturated carbocycles. The van der Waals surface area contributed by atoms with Gasteiger partial charge in [-0.3, -0.25) is 4.79 Å².